The van der Waals surface area contributed by atoms with Gasteiger partial charge in [-0.05, 0) is 109 Å². The van der Waals surface area contributed by atoms with E-state index < -0.39 is 26.6 Å². The Morgan fingerprint density at radius 3 is 1.07 bits per heavy atom. The fraction of sp³-hybridized carbons (Fsp3) is 0.679. The summed E-state index contributed by atoms with van der Waals surface area (Å²) in [7, 11) is 1.21. The molecule has 0 aromatic carbocycles. The number of phosphoric ester groups is 1. The number of nitrogens with one attached hydrogen (secondary N) is 1. The van der Waals surface area contributed by atoms with Crippen LogP contribution in [0.5, 0.6) is 0 Å². The molecule has 0 spiro atoms. The van der Waals surface area contributed by atoms with Gasteiger partial charge in [0.15, 0.2) is 0 Å². The fourth-order valence-electron chi connectivity index (χ4n) is 9.79. The average molecular weight is 1230 g/mol. The minimum Gasteiger partial charge on any atom is -0.756 e. The van der Waals surface area contributed by atoms with Crippen LogP contribution >= 0.6 is 7.82 Å². The number of unbranched alkanes of at least 4 members (excludes halogenated alkanes) is 29. The van der Waals surface area contributed by atoms with Crippen molar-refractivity contribution in [3.63, 3.8) is 0 Å². The molecular formula is C78H135N2O6P. The molecule has 1 amide bonds. The molecule has 3 atom stereocenters. The number of aliphatic hydroxyl groups excluding tert-OH is 1. The number of phosphoric acid groups is 1. The lowest BCUT2D eigenvalue weighted by atomic mass is 10.0. The molecule has 0 saturated carbocycles. The van der Waals surface area contributed by atoms with Crippen LogP contribution in [0, 0.1) is 0 Å². The number of amides is 1. The smallest absolute Gasteiger partial charge is 0.268 e. The van der Waals surface area contributed by atoms with Gasteiger partial charge >= 0.3 is 0 Å². The summed E-state index contributed by atoms with van der Waals surface area (Å²) in [6.07, 6.45) is 103. The maximum atomic E-state index is 13.0. The third kappa shape index (κ3) is 69.7. The minimum atomic E-state index is -4.63. The second kappa shape index (κ2) is 66.8. The summed E-state index contributed by atoms with van der Waals surface area (Å²) in [5.74, 6) is -0.235. The van der Waals surface area contributed by atoms with E-state index in [1.54, 1.807) is 6.08 Å². The van der Waals surface area contributed by atoms with Crippen molar-refractivity contribution in [2.45, 2.75) is 302 Å². The Bertz CT molecular complexity index is 1930. The van der Waals surface area contributed by atoms with Crippen molar-refractivity contribution in [1.82, 2.24) is 5.32 Å². The Balaban J connectivity index is 4.23. The maximum absolute atomic E-state index is 13.0. The molecule has 0 aliphatic rings. The third-order valence-electron chi connectivity index (χ3n) is 15.3. The first-order chi connectivity index (χ1) is 42.5. The molecule has 9 heteroatoms. The normalized spacial score (nSPS) is 14.5. The van der Waals surface area contributed by atoms with E-state index >= 15 is 0 Å². The van der Waals surface area contributed by atoms with Gasteiger partial charge in [0.1, 0.15) is 13.2 Å². The Kier molecular flexibility index (Phi) is 64.0. The van der Waals surface area contributed by atoms with Crippen molar-refractivity contribution >= 4 is 13.7 Å². The first-order valence-electron chi connectivity index (χ1n) is 35.7. The van der Waals surface area contributed by atoms with Gasteiger partial charge in [0.05, 0.1) is 39.9 Å². The van der Waals surface area contributed by atoms with Crippen LogP contribution in [0.4, 0.5) is 0 Å². The van der Waals surface area contributed by atoms with Crippen molar-refractivity contribution in [3.8, 4) is 0 Å². The quantitative estimate of drug-likeness (QED) is 0.0272. The summed E-state index contributed by atoms with van der Waals surface area (Å²) < 4.78 is 23.4. The van der Waals surface area contributed by atoms with Gasteiger partial charge in [-0.1, -0.05) is 320 Å². The van der Waals surface area contributed by atoms with Crippen molar-refractivity contribution in [3.05, 3.63) is 146 Å². The molecule has 2 N–H and O–H groups in total. The molecule has 0 radical (unpaired) electrons. The van der Waals surface area contributed by atoms with Crippen LogP contribution in [0.15, 0.2) is 146 Å². The Morgan fingerprint density at radius 1 is 0.414 bits per heavy atom. The molecule has 8 nitrogen and oxygen atoms in total. The second-order valence-corrected chi connectivity index (χ2v) is 26.3. The highest BCUT2D eigenvalue weighted by molar-refractivity contribution is 7.45. The summed E-state index contributed by atoms with van der Waals surface area (Å²) in [5.41, 5.74) is 0. The van der Waals surface area contributed by atoms with Crippen LogP contribution in [0.2, 0.25) is 0 Å². The van der Waals surface area contributed by atoms with Crippen LogP contribution in [0.25, 0.3) is 0 Å². The summed E-state index contributed by atoms with van der Waals surface area (Å²) >= 11 is 0. The van der Waals surface area contributed by atoms with Crippen molar-refractivity contribution in [2.75, 3.05) is 40.9 Å². The SMILES string of the molecule is CC/C=C\C/C=C\C/C=C\C/C=C\C/C=C\C/C=C\C/C=C\C/C=C\C/C=C\C/C=C\CCCCCCC(=O)NC(COP(=O)([O-])OCC[N+](C)(C)C)C(O)/C=C/CC/C=C/CCCCCCCCCCCCCCCCCCCCCCCCCC. The number of allylic oxidation sites excluding steroid dienone is 23. The van der Waals surface area contributed by atoms with Crippen molar-refractivity contribution in [1.29, 1.82) is 0 Å². The molecule has 0 saturated heterocycles. The molecule has 0 bridgehead atoms. The summed E-state index contributed by atoms with van der Waals surface area (Å²) in [6, 6.07) is -0.931. The molecule has 0 aromatic rings. The number of carbonyl (C=O) groups is 1. The lowest BCUT2D eigenvalue weighted by molar-refractivity contribution is -0.870. The summed E-state index contributed by atoms with van der Waals surface area (Å²) in [6.45, 7) is 4.51. The number of quaternary nitrogens is 1. The zero-order valence-corrected chi connectivity index (χ0v) is 57.8. The highest BCUT2D eigenvalue weighted by atomic mass is 31.2. The van der Waals surface area contributed by atoms with Gasteiger partial charge in [0, 0.05) is 6.42 Å². The first kappa shape index (κ1) is 83.4. The molecule has 0 aromatic heterocycles. The predicted molar refractivity (Wildman–Crippen MR) is 380 cm³/mol. The van der Waals surface area contributed by atoms with Gasteiger partial charge < -0.3 is 28.8 Å². The number of aliphatic hydroxyl groups is 1. The molecule has 0 aliphatic carbocycles. The number of likely N-dealkylation sites (N-methyl/N-ethyl adjacent to an activating group) is 1. The van der Waals surface area contributed by atoms with Gasteiger partial charge in [0.2, 0.25) is 5.91 Å². The van der Waals surface area contributed by atoms with E-state index in [1.807, 2.05) is 27.2 Å². The highest BCUT2D eigenvalue weighted by Gasteiger charge is 2.23. The lowest BCUT2D eigenvalue weighted by Crippen LogP contribution is -2.45. The van der Waals surface area contributed by atoms with E-state index in [9.17, 15) is 19.4 Å². The van der Waals surface area contributed by atoms with Crippen LogP contribution in [-0.4, -0.2) is 68.5 Å². The van der Waals surface area contributed by atoms with Crippen LogP contribution in [-0.2, 0) is 18.4 Å². The maximum Gasteiger partial charge on any atom is 0.268 e. The summed E-state index contributed by atoms with van der Waals surface area (Å²) in [5, 5.41) is 13.9. The number of carbonyl (C=O) groups excluding carboxylic acids is 1. The fourth-order valence-corrected chi connectivity index (χ4v) is 10.5. The van der Waals surface area contributed by atoms with Crippen LogP contribution in [0.1, 0.15) is 290 Å². The number of hydrogen-bond donors (Lipinski definition) is 2. The van der Waals surface area contributed by atoms with E-state index in [2.05, 4.69) is 153 Å². The number of rotatable bonds is 64. The van der Waals surface area contributed by atoms with E-state index in [-0.39, 0.29) is 12.5 Å². The Morgan fingerprint density at radius 2 is 0.713 bits per heavy atom. The second-order valence-electron chi connectivity index (χ2n) is 24.8. The Hall–Kier alpha value is -3.62. The largest absolute Gasteiger partial charge is 0.756 e. The van der Waals surface area contributed by atoms with E-state index in [4.69, 9.17) is 9.05 Å². The molecule has 87 heavy (non-hydrogen) atoms. The zero-order valence-electron chi connectivity index (χ0n) is 56.9. The highest BCUT2D eigenvalue weighted by Crippen LogP contribution is 2.38. The number of nitrogens with zero attached hydrogens (tertiary/aromatic N) is 1. The van der Waals surface area contributed by atoms with Gasteiger partial charge in [-0.25, -0.2) is 0 Å². The topological polar surface area (TPSA) is 108 Å². The van der Waals surface area contributed by atoms with Crippen LogP contribution < -0.4 is 10.2 Å². The molecular weight excluding hydrogens is 1090 g/mol. The molecule has 0 heterocycles. The first-order valence-corrected chi connectivity index (χ1v) is 37.2. The molecule has 3 unspecified atom stereocenters. The van der Waals surface area contributed by atoms with E-state index in [1.165, 1.54) is 154 Å². The minimum absolute atomic E-state index is 0.0195. The van der Waals surface area contributed by atoms with Crippen molar-refractivity contribution < 1.29 is 32.9 Å². The summed E-state index contributed by atoms with van der Waals surface area (Å²) in [4.78, 5) is 25.6. The van der Waals surface area contributed by atoms with Crippen LogP contribution in [0.3, 0.4) is 0 Å². The molecule has 498 valence electrons. The standard InChI is InChI=1S/C78H135N2O6P/c1-6-8-10-12-14-16-18-20-22-24-26-28-30-32-34-36-38-39-40-41-42-44-46-48-50-52-54-56-58-60-62-64-66-68-70-72-78(82)79-76(75-86-87(83,84)85-74-73-80(3,4)5)77(81)71-69-67-65-63-61-59-57-55-53-51-49-47-45-43-37-35-33-31-29-27-25-23-21-19-17-15-13-11-9-7-2/h8,10,14,16,20,22,26,28,32,34,38-39,41-42,46,48,52,54,58,60-61,63,69,71,76-77,81H,6-7,9,11-13,15,17-19,21,23-25,27,29-31,33,35-37,40,43-45,47,49-51,53,55-57,59,62,64-68,70,72-75H2,1-5H3,(H-,79,82,83,84)/b10-8-,16-14-,22-20-,28-26-,34-32-,39-38-,42-41-,48-46-,54-52-,60-58-,63-61+,71-69+. The zero-order chi connectivity index (χ0) is 63.4. The van der Waals surface area contributed by atoms with E-state index in [0.29, 0.717) is 23.9 Å². The monoisotopic (exact) mass is 1230 g/mol. The predicted octanol–water partition coefficient (Wildman–Crippen LogP) is 22.5. The molecule has 0 rings (SSSR count). The lowest BCUT2D eigenvalue weighted by Gasteiger charge is -2.29. The van der Waals surface area contributed by atoms with Gasteiger partial charge in [-0.2, -0.15) is 0 Å². The van der Waals surface area contributed by atoms with Gasteiger partial charge in [-0.3, -0.25) is 9.36 Å². The third-order valence-corrected chi connectivity index (χ3v) is 16.2. The molecule has 0 aliphatic heterocycles. The average Bonchev–Trinajstić information content (AvgIpc) is 3.70. The van der Waals surface area contributed by atoms with Gasteiger partial charge in [-0.15, -0.1) is 0 Å². The van der Waals surface area contributed by atoms with E-state index in [0.717, 1.165) is 109 Å². The van der Waals surface area contributed by atoms with Crippen molar-refractivity contribution in [2.24, 2.45) is 0 Å². The molecule has 0 fully saturated rings. The Labute approximate surface area is 538 Å². The number of hydrogen-bond acceptors (Lipinski definition) is 6. The van der Waals surface area contributed by atoms with Gasteiger partial charge in [0.25, 0.3) is 7.82 Å².